The van der Waals surface area contributed by atoms with E-state index in [0.717, 1.165) is 0 Å². The molecule has 0 radical (unpaired) electrons. The van der Waals surface area contributed by atoms with Crippen molar-refractivity contribution in [2.24, 2.45) is 0 Å². The molecule has 0 saturated carbocycles. The summed E-state index contributed by atoms with van der Waals surface area (Å²) < 4.78 is 37.0. The second-order valence-corrected chi connectivity index (χ2v) is 8.96. The summed E-state index contributed by atoms with van der Waals surface area (Å²) in [5.41, 5.74) is 0.102. The monoisotopic (exact) mass is 483 g/mol. The number of amides is 1. The number of benzene rings is 1. The first-order valence-corrected chi connectivity index (χ1v) is 11.5. The van der Waals surface area contributed by atoms with Gasteiger partial charge < -0.3 is 20.1 Å². The topological polar surface area (TPSA) is 140 Å². The van der Waals surface area contributed by atoms with Crippen LogP contribution in [0.4, 0.5) is 11.6 Å². The molecule has 2 aromatic rings. The van der Waals surface area contributed by atoms with E-state index in [1.54, 1.807) is 18.5 Å². The van der Waals surface area contributed by atoms with Crippen molar-refractivity contribution in [3.8, 4) is 0 Å². The quantitative estimate of drug-likeness (QED) is 0.502. The molecule has 1 aromatic carbocycles. The summed E-state index contributed by atoms with van der Waals surface area (Å²) in [6.45, 7) is 0.808. The molecule has 0 spiro atoms. The molecule has 172 valence electrons. The number of rotatable bonds is 9. The number of anilines is 2. The first kappa shape index (κ1) is 23.9. The summed E-state index contributed by atoms with van der Waals surface area (Å²) in [6, 6.07) is 5.69. The van der Waals surface area contributed by atoms with Gasteiger partial charge in [-0.05, 0) is 24.3 Å². The van der Waals surface area contributed by atoms with Gasteiger partial charge in [0.1, 0.15) is 0 Å². The van der Waals surface area contributed by atoms with E-state index in [0.29, 0.717) is 19.2 Å². The summed E-state index contributed by atoms with van der Waals surface area (Å²) in [7, 11) is -3.76. The van der Waals surface area contributed by atoms with Gasteiger partial charge in [-0.25, -0.2) is 18.4 Å². The van der Waals surface area contributed by atoms with Crippen LogP contribution in [0.2, 0.25) is 5.02 Å². The number of morpholine rings is 1. The first-order chi connectivity index (χ1) is 15.4. The zero-order chi connectivity index (χ0) is 23.0. The average molecular weight is 484 g/mol. The normalized spacial score (nSPS) is 14.5. The van der Waals surface area contributed by atoms with E-state index in [-0.39, 0.29) is 41.7 Å². The number of carbonyl (C=O) groups excluding carboxylic acids is 2. The van der Waals surface area contributed by atoms with Crippen molar-refractivity contribution in [3.05, 3.63) is 41.7 Å². The van der Waals surface area contributed by atoms with E-state index >= 15 is 0 Å². The first-order valence-electron chi connectivity index (χ1n) is 9.70. The Kier molecular flexibility index (Phi) is 8.33. The molecule has 2 heterocycles. The van der Waals surface area contributed by atoms with Crippen LogP contribution < -0.4 is 10.6 Å². The maximum Gasteiger partial charge on any atom is 0.308 e. The lowest BCUT2D eigenvalue weighted by molar-refractivity contribution is -0.147. The lowest BCUT2D eigenvalue weighted by atomic mass is 10.3. The van der Waals surface area contributed by atoms with Crippen molar-refractivity contribution < 1.29 is 27.5 Å². The minimum Gasteiger partial charge on any atom is -0.456 e. The highest BCUT2D eigenvalue weighted by Gasteiger charge is 2.27. The minimum atomic E-state index is -3.76. The molecule has 0 unspecified atom stereocenters. The summed E-state index contributed by atoms with van der Waals surface area (Å²) in [5.74, 6) is -0.876. The fourth-order valence-corrected chi connectivity index (χ4v) is 4.37. The maximum absolute atomic E-state index is 12.8. The zero-order valence-corrected chi connectivity index (χ0v) is 18.6. The van der Waals surface area contributed by atoms with Gasteiger partial charge in [-0.3, -0.25) is 9.59 Å². The third-order valence-electron chi connectivity index (χ3n) is 4.36. The van der Waals surface area contributed by atoms with E-state index in [2.05, 4.69) is 20.6 Å². The fraction of sp³-hybridized carbons (Fsp3) is 0.368. The Morgan fingerprint density at radius 2 is 1.91 bits per heavy atom. The van der Waals surface area contributed by atoms with Crippen molar-refractivity contribution in [1.82, 2.24) is 14.3 Å². The largest absolute Gasteiger partial charge is 0.456 e. The van der Waals surface area contributed by atoms with E-state index in [9.17, 15) is 18.0 Å². The Morgan fingerprint density at radius 1 is 1.19 bits per heavy atom. The predicted octanol–water partition coefficient (Wildman–Crippen LogP) is 1.13. The number of ether oxygens (including phenoxy) is 2. The van der Waals surface area contributed by atoms with Crippen LogP contribution in [0.1, 0.15) is 6.42 Å². The average Bonchev–Trinajstić information content (AvgIpc) is 2.80. The molecule has 11 nitrogen and oxygen atoms in total. The number of sulfonamides is 1. The Morgan fingerprint density at radius 3 is 2.62 bits per heavy atom. The highest BCUT2D eigenvalue weighted by molar-refractivity contribution is 7.89. The number of hydrogen-bond acceptors (Lipinski definition) is 9. The van der Waals surface area contributed by atoms with Crippen molar-refractivity contribution in [3.63, 3.8) is 0 Å². The molecule has 32 heavy (non-hydrogen) atoms. The van der Waals surface area contributed by atoms with Crippen LogP contribution in [0.5, 0.6) is 0 Å². The molecule has 0 atom stereocenters. The Bertz CT molecular complexity index is 1050. The molecule has 0 bridgehead atoms. The molecule has 1 amide bonds. The Labute approximate surface area is 190 Å². The van der Waals surface area contributed by atoms with Gasteiger partial charge in [0.15, 0.2) is 6.61 Å². The number of carbonyl (C=O) groups is 2. The number of halogens is 1. The number of nitrogens with one attached hydrogen (secondary N) is 2. The third kappa shape index (κ3) is 6.60. The van der Waals surface area contributed by atoms with Crippen molar-refractivity contribution in [2.75, 3.05) is 50.1 Å². The summed E-state index contributed by atoms with van der Waals surface area (Å²) in [6.07, 6.45) is 3.12. The van der Waals surface area contributed by atoms with Crippen LogP contribution >= 0.6 is 11.6 Å². The second-order valence-electron chi connectivity index (χ2n) is 6.62. The number of hydrogen-bond donors (Lipinski definition) is 2. The van der Waals surface area contributed by atoms with Crippen LogP contribution in [0, 0.1) is 0 Å². The number of nitrogens with zero attached hydrogens (tertiary/aromatic N) is 3. The molecule has 3 rings (SSSR count). The molecule has 1 aliphatic rings. The van der Waals surface area contributed by atoms with Crippen LogP contribution in [0.25, 0.3) is 0 Å². The van der Waals surface area contributed by atoms with Gasteiger partial charge in [-0.15, -0.1) is 0 Å². The van der Waals surface area contributed by atoms with E-state index in [1.807, 2.05) is 0 Å². The summed E-state index contributed by atoms with van der Waals surface area (Å²) in [4.78, 5) is 31.9. The predicted molar refractivity (Wildman–Crippen MR) is 116 cm³/mol. The van der Waals surface area contributed by atoms with Gasteiger partial charge in [-0.2, -0.15) is 4.31 Å². The van der Waals surface area contributed by atoms with Gasteiger partial charge in [0.05, 0.1) is 35.2 Å². The fourth-order valence-electron chi connectivity index (χ4n) is 2.77. The number of esters is 1. The summed E-state index contributed by atoms with van der Waals surface area (Å²) >= 11 is 6.09. The second kappa shape index (κ2) is 11.2. The van der Waals surface area contributed by atoms with Gasteiger partial charge in [0, 0.05) is 32.0 Å². The third-order valence-corrected chi connectivity index (χ3v) is 6.59. The van der Waals surface area contributed by atoms with E-state index in [1.165, 1.54) is 22.5 Å². The highest BCUT2D eigenvalue weighted by Crippen LogP contribution is 2.27. The van der Waals surface area contributed by atoms with Crippen LogP contribution in [0.3, 0.4) is 0 Å². The van der Waals surface area contributed by atoms with Gasteiger partial charge in [0.25, 0.3) is 5.91 Å². The molecule has 13 heteroatoms. The molecule has 1 aliphatic heterocycles. The van der Waals surface area contributed by atoms with Crippen molar-refractivity contribution >= 4 is 45.1 Å². The van der Waals surface area contributed by atoms with E-state index < -0.39 is 28.5 Å². The Hall–Kier alpha value is -2.80. The SMILES string of the molecule is O=C(COC(=O)CCNc1ncccn1)Nc1cc(S(=O)(=O)N2CCOCC2)ccc1Cl. The zero-order valence-electron chi connectivity index (χ0n) is 17.0. The van der Waals surface area contributed by atoms with Gasteiger partial charge in [0.2, 0.25) is 16.0 Å². The van der Waals surface area contributed by atoms with Gasteiger partial charge in [-0.1, -0.05) is 11.6 Å². The highest BCUT2D eigenvalue weighted by atomic mass is 35.5. The van der Waals surface area contributed by atoms with Crippen LogP contribution in [-0.4, -0.2) is 74.0 Å². The molecule has 0 aliphatic carbocycles. The Balaban J connectivity index is 1.51. The molecular weight excluding hydrogens is 462 g/mol. The smallest absolute Gasteiger partial charge is 0.308 e. The molecular formula is C19H22ClN5O6S. The lowest BCUT2D eigenvalue weighted by Gasteiger charge is -2.26. The summed E-state index contributed by atoms with van der Waals surface area (Å²) in [5, 5.41) is 5.47. The van der Waals surface area contributed by atoms with Crippen LogP contribution in [0.15, 0.2) is 41.6 Å². The standard InChI is InChI=1S/C19H22ClN5O6S/c20-15-3-2-14(32(28,29)25-8-10-30-11-9-25)12-16(15)24-17(26)13-31-18(27)4-7-23-19-21-5-1-6-22-19/h1-3,5-6,12H,4,7-11,13H2,(H,24,26)(H,21,22,23). The van der Waals surface area contributed by atoms with E-state index in [4.69, 9.17) is 21.1 Å². The minimum absolute atomic E-state index is 0.000428. The van der Waals surface area contributed by atoms with Crippen LogP contribution in [-0.2, 0) is 29.1 Å². The maximum atomic E-state index is 12.8. The molecule has 1 fully saturated rings. The molecule has 1 aromatic heterocycles. The van der Waals surface area contributed by atoms with Crippen molar-refractivity contribution in [1.29, 1.82) is 0 Å². The lowest BCUT2D eigenvalue weighted by Crippen LogP contribution is -2.40. The van der Waals surface area contributed by atoms with Gasteiger partial charge >= 0.3 is 5.97 Å². The molecule has 1 saturated heterocycles. The number of aromatic nitrogens is 2. The van der Waals surface area contributed by atoms with Crippen molar-refractivity contribution in [2.45, 2.75) is 11.3 Å². The molecule has 2 N–H and O–H groups in total.